The summed E-state index contributed by atoms with van der Waals surface area (Å²) in [5.74, 6) is 0.493. The topological polar surface area (TPSA) is 0 Å². The zero-order valence-electron chi connectivity index (χ0n) is 26.6. The van der Waals surface area contributed by atoms with Crippen LogP contribution in [-0.4, -0.2) is 0 Å². The average molecular weight is 581 g/mol. The predicted molar refractivity (Wildman–Crippen MR) is 190 cm³/mol. The van der Waals surface area contributed by atoms with E-state index in [-0.39, 0.29) is 10.8 Å². The first kappa shape index (κ1) is 27.8. The number of fused-ring (bicyclic) bond motifs is 5. The molecule has 0 radical (unpaired) electrons. The van der Waals surface area contributed by atoms with Crippen LogP contribution in [-0.2, 0) is 10.8 Å². The molecule has 0 N–H and O–H groups in total. The van der Waals surface area contributed by atoms with Gasteiger partial charge in [0.1, 0.15) is 0 Å². The van der Waals surface area contributed by atoms with Gasteiger partial charge in [-0.25, -0.2) is 0 Å². The van der Waals surface area contributed by atoms with Crippen LogP contribution in [0.1, 0.15) is 77.6 Å². The number of benzene rings is 4. The van der Waals surface area contributed by atoms with Crippen molar-refractivity contribution >= 4 is 11.1 Å². The maximum Gasteiger partial charge on any atom is 0.0710 e. The van der Waals surface area contributed by atoms with E-state index in [4.69, 9.17) is 0 Å². The minimum atomic E-state index is -0.382. The highest BCUT2D eigenvalue weighted by molar-refractivity contribution is 5.97. The Morgan fingerprint density at radius 1 is 0.689 bits per heavy atom. The van der Waals surface area contributed by atoms with Crippen molar-refractivity contribution in [1.82, 2.24) is 0 Å². The van der Waals surface area contributed by atoms with E-state index in [1.165, 1.54) is 66.8 Å². The number of aryl methyl sites for hydroxylation is 1. The Kier molecular flexibility index (Phi) is 6.64. The van der Waals surface area contributed by atoms with Crippen LogP contribution in [0.4, 0.5) is 0 Å². The van der Waals surface area contributed by atoms with E-state index in [0.29, 0.717) is 5.92 Å². The Balaban J connectivity index is 1.49. The summed E-state index contributed by atoms with van der Waals surface area (Å²) in [7, 11) is 0. The second-order valence-electron chi connectivity index (χ2n) is 13.6. The van der Waals surface area contributed by atoms with E-state index in [0.717, 1.165) is 19.3 Å². The van der Waals surface area contributed by atoms with Gasteiger partial charge in [0.2, 0.25) is 0 Å². The molecule has 0 saturated carbocycles. The van der Waals surface area contributed by atoms with Crippen LogP contribution in [0.3, 0.4) is 0 Å². The van der Waals surface area contributed by atoms with E-state index in [9.17, 15) is 0 Å². The third kappa shape index (κ3) is 4.34. The normalized spacial score (nSPS) is 21.4. The van der Waals surface area contributed by atoms with Gasteiger partial charge in [-0.1, -0.05) is 159 Å². The summed E-state index contributed by atoms with van der Waals surface area (Å²) in [6.07, 6.45) is 22.4. The van der Waals surface area contributed by atoms with Gasteiger partial charge in [0.25, 0.3) is 0 Å². The lowest BCUT2D eigenvalue weighted by atomic mass is 9.65. The summed E-state index contributed by atoms with van der Waals surface area (Å²) in [6, 6.07) is 36.8. The molecule has 0 amide bonds. The van der Waals surface area contributed by atoms with Crippen molar-refractivity contribution < 1.29 is 0 Å². The fraction of sp³-hybridized carbons (Fsp3) is 0.200. The Morgan fingerprint density at radius 3 is 2.04 bits per heavy atom. The molecule has 4 aromatic carbocycles. The van der Waals surface area contributed by atoms with Crippen LogP contribution >= 0.6 is 0 Å². The van der Waals surface area contributed by atoms with Crippen molar-refractivity contribution in [2.45, 2.75) is 50.9 Å². The molecule has 220 valence electrons. The van der Waals surface area contributed by atoms with Crippen LogP contribution in [0, 0.1) is 12.8 Å². The third-order valence-corrected chi connectivity index (χ3v) is 10.6. The molecule has 9 rings (SSSR count). The molecule has 0 heterocycles. The highest BCUT2D eigenvalue weighted by atomic mass is 14.5. The zero-order chi connectivity index (χ0) is 30.6. The smallest absolute Gasteiger partial charge is 0.0710 e. The zero-order valence-corrected chi connectivity index (χ0v) is 26.6. The van der Waals surface area contributed by atoms with E-state index in [1.54, 1.807) is 0 Å². The van der Waals surface area contributed by atoms with E-state index in [2.05, 4.69) is 166 Å². The van der Waals surface area contributed by atoms with Crippen LogP contribution in [0.2, 0.25) is 0 Å². The van der Waals surface area contributed by atoms with Crippen LogP contribution in [0.5, 0.6) is 0 Å². The minimum absolute atomic E-state index is 0.234. The van der Waals surface area contributed by atoms with Gasteiger partial charge in [0.05, 0.1) is 5.41 Å². The maximum absolute atomic E-state index is 2.60. The molecule has 1 unspecified atom stereocenters. The molecule has 1 atom stereocenters. The van der Waals surface area contributed by atoms with E-state index >= 15 is 0 Å². The van der Waals surface area contributed by atoms with Crippen LogP contribution in [0.15, 0.2) is 157 Å². The Morgan fingerprint density at radius 2 is 1.38 bits per heavy atom. The van der Waals surface area contributed by atoms with Gasteiger partial charge in [0.15, 0.2) is 0 Å². The molecule has 0 nitrogen and oxygen atoms in total. The molecule has 0 saturated heterocycles. The quantitative estimate of drug-likeness (QED) is 0.220. The second-order valence-corrected chi connectivity index (χ2v) is 13.6. The molecule has 5 aliphatic rings. The lowest BCUT2D eigenvalue weighted by Crippen LogP contribution is -2.30. The first-order chi connectivity index (χ1) is 22.0. The number of allylic oxidation sites excluding steroid dienone is 12. The van der Waals surface area contributed by atoms with Crippen molar-refractivity contribution in [2.75, 3.05) is 0 Å². The highest BCUT2D eigenvalue weighted by Gasteiger charge is 2.49. The summed E-state index contributed by atoms with van der Waals surface area (Å²) in [5.41, 5.74) is 15.6. The summed E-state index contributed by atoms with van der Waals surface area (Å²) in [6.45, 7) is 7.00. The third-order valence-electron chi connectivity index (χ3n) is 10.6. The maximum atomic E-state index is 2.60. The lowest BCUT2D eigenvalue weighted by molar-refractivity contribution is 0.634. The largest absolute Gasteiger partial charge is 0.0788 e. The number of hydrogen-bond acceptors (Lipinski definition) is 0. The van der Waals surface area contributed by atoms with Crippen LogP contribution in [0.25, 0.3) is 11.1 Å². The van der Waals surface area contributed by atoms with Gasteiger partial charge in [-0.15, -0.1) is 0 Å². The van der Waals surface area contributed by atoms with Gasteiger partial charge < -0.3 is 0 Å². The summed E-state index contributed by atoms with van der Waals surface area (Å²) in [4.78, 5) is 0. The molecule has 0 heteroatoms. The van der Waals surface area contributed by atoms with Crippen molar-refractivity contribution in [3.05, 3.63) is 201 Å². The molecule has 0 aliphatic heterocycles. The monoisotopic (exact) mass is 580 g/mol. The molecule has 4 aromatic rings. The molecule has 2 bridgehead atoms. The fourth-order valence-corrected chi connectivity index (χ4v) is 8.21. The SMILES string of the molecule is Cc1ccc(C(C)(C)c2cc3c(cc2/C2=C/C=C\C4C=CC2=CC4)C2=CCCC=C2C3(c2ccccc2)c2ccccc2)cc1. The molecular weight excluding hydrogens is 540 g/mol. The Labute approximate surface area is 268 Å². The number of rotatable bonds is 5. The lowest BCUT2D eigenvalue weighted by Gasteiger charge is -2.37. The molecule has 0 aromatic heterocycles. The van der Waals surface area contributed by atoms with Crippen molar-refractivity contribution in [1.29, 1.82) is 0 Å². The van der Waals surface area contributed by atoms with Gasteiger partial charge in [0, 0.05) is 5.41 Å². The molecule has 45 heavy (non-hydrogen) atoms. The van der Waals surface area contributed by atoms with E-state index < -0.39 is 0 Å². The molecule has 5 aliphatic carbocycles. The van der Waals surface area contributed by atoms with Gasteiger partial charge in [-0.05, 0) is 99.4 Å². The fourth-order valence-electron chi connectivity index (χ4n) is 8.21. The van der Waals surface area contributed by atoms with Crippen molar-refractivity contribution in [3.63, 3.8) is 0 Å². The summed E-state index contributed by atoms with van der Waals surface area (Å²) >= 11 is 0. The van der Waals surface area contributed by atoms with Gasteiger partial charge >= 0.3 is 0 Å². The predicted octanol–water partition coefficient (Wildman–Crippen LogP) is 11.2. The molecular formula is C45H40. The average Bonchev–Trinajstić information content (AvgIpc) is 3.36. The summed E-state index contributed by atoms with van der Waals surface area (Å²) < 4.78 is 0. The van der Waals surface area contributed by atoms with Crippen LogP contribution < -0.4 is 0 Å². The minimum Gasteiger partial charge on any atom is -0.0788 e. The second kappa shape index (κ2) is 10.7. The summed E-state index contributed by atoms with van der Waals surface area (Å²) in [5, 5.41) is 0. The number of hydrogen-bond donors (Lipinski definition) is 0. The Bertz CT molecular complexity index is 1930. The highest BCUT2D eigenvalue weighted by Crippen LogP contribution is 2.60. The first-order valence-electron chi connectivity index (χ1n) is 16.5. The Hall–Kier alpha value is -4.68. The first-order valence-corrected chi connectivity index (χ1v) is 16.5. The van der Waals surface area contributed by atoms with Gasteiger partial charge in [-0.3, -0.25) is 0 Å². The van der Waals surface area contributed by atoms with Gasteiger partial charge in [-0.2, -0.15) is 0 Å². The standard InChI is InChI=1S/C45H40/c1-31-21-27-34(28-22-31)44(2,3)42-30-43-40(29-39(42)37-19-12-13-32-23-25-33(37)26-24-32)38-18-10-11-20-41(38)45(43,35-14-6-4-7-15-35)36-16-8-5-9-17-36/h4-9,12-23,25-30,32H,10-11,24H2,1-3H3/b13-12-,37-19+. The van der Waals surface area contributed by atoms with Crippen molar-refractivity contribution in [2.24, 2.45) is 5.92 Å². The molecule has 0 fully saturated rings. The molecule has 0 spiro atoms. The van der Waals surface area contributed by atoms with E-state index in [1.807, 2.05) is 0 Å². The van der Waals surface area contributed by atoms with Crippen molar-refractivity contribution in [3.8, 4) is 0 Å².